The number of hydrogen-bond acceptors (Lipinski definition) is 4. The summed E-state index contributed by atoms with van der Waals surface area (Å²) in [6, 6.07) is 13.8. The van der Waals surface area contributed by atoms with Crippen molar-refractivity contribution < 1.29 is 13.2 Å². The van der Waals surface area contributed by atoms with E-state index in [9.17, 15) is 13.2 Å². The second kappa shape index (κ2) is 7.21. The van der Waals surface area contributed by atoms with E-state index in [1.54, 1.807) is 36.4 Å². The van der Waals surface area contributed by atoms with E-state index in [1.165, 1.54) is 0 Å². The molecule has 0 saturated heterocycles. The molecule has 0 unspecified atom stereocenters. The molecule has 0 spiro atoms. The molecular weight excluding hydrogens is 365 g/mol. The van der Waals surface area contributed by atoms with Gasteiger partial charge in [-0.2, -0.15) is 18.2 Å². The lowest BCUT2D eigenvalue weighted by molar-refractivity contribution is -0.137. The maximum Gasteiger partial charge on any atom is 0.421 e. The Balaban J connectivity index is 1.96. The third-order valence-corrected chi connectivity index (χ3v) is 3.86. The van der Waals surface area contributed by atoms with Crippen molar-refractivity contribution in [2.24, 2.45) is 0 Å². The lowest BCUT2D eigenvalue weighted by Gasteiger charge is -2.15. The fraction of sp³-hybridized carbons (Fsp3) is 0.111. The molecule has 4 nitrogen and oxygen atoms in total. The van der Waals surface area contributed by atoms with Gasteiger partial charge < -0.3 is 10.6 Å². The summed E-state index contributed by atoms with van der Waals surface area (Å²) in [7, 11) is 0. The van der Waals surface area contributed by atoms with Crippen molar-refractivity contribution in [2.75, 3.05) is 10.6 Å². The summed E-state index contributed by atoms with van der Waals surface area (Å²) >= 11 is 6.02. The quantitative estimate of drug-likeness (QED) is 0.589. The van der Waals surface area contributed by atoms with Crippen molar-refractivity contribution >= 4 is 34.7 Å². The first-order chi connectivity index (χ1) is 12.3. The van der Waals surface area contributed by atoms with Crippen molar-refractivity contribution in [3.8, 4) is 0 Å². The van der Waals surface area contributed by atoms with Gasteiger partial charge in [0.1, 0.15) is 11.4 Å². The Morgan fingerprint density at radius 3 is 2.31 bits per heavy atom. The molecule has 0 amide bonds. The molecule has 26 heavy (non-hydrogen) atoms. The van der Waals surface area contributed by atoms with Crippen molar-refractivity contribution in [3.05, 3.63) is 70.9 Å². The summed E-state index contributed by atoms with van der Waals surface area (Å²) in [6.07, 6.45) is -3.87. The predicted molar refractivity (Wildman–Crippen MR) is 96.2 cm³/mol. The van der Waals surface area contributed by atoms with Crippen LogP contribution in [-0.2, 0) is 6.18 Å². The van der Waals surface area contributed by atoms with E-state index in [0.717, 1.165) is 11.8 Å². The SMILES string of the molecule is Cc1ccc(Nc2ncc(C(F)(F)F)c(Nc3ccccc3Cl)n2)cc1. The van der Waals surface area contributed by atoms with Gasteiger partial charge in [-0.05, 0) is 31.2 Å². The van der Waals surface area contributed by atoms with Gasteiger partial charge in [0.25, 0.3) is 0 Å². The molecule has 0 aliphatic heterocycles. The van der Waals surface area contributed by atoms with Crippen LogP contribution in [-0.4, -0.2) is 9.97 Å². The molecule has 0 radical (unpaired) electrons. The maximum atomic E-state index is 13.3. The van der Waals surface area contributed by atoms with Crippen LogP contribution in [0.15, 0.2) is 54.7 Å². The third-order valence-electron chi connectivity index (χ3n) is 3.53. The topological polar surface area (TPSA) is 49.8 Å². The number of nitrogens with one attached hydrogen (secondary N) is 2. The molecule has 8 heteroatoms. The lowest BCUT2D eigenvalue weighted by Crippen LogP contribution is -2.12. The van der Waals surface area contributed by atoms with Crippen LogP contribution >= 0.6 is 11.6 Å². The number of alkyl halides is 3. The summed E-state index contributed by atoms with van der Waals surface area (Å²) in [5.74, 6) is -0.341. The lowest BCUT2D eigenvalue weighted by atomic mass is 10.2. The van der Waals surface area contributed by atoms with E-state index in [1.807, 2.05) is 19.1 Å². The predicted octanol–water partition coefficient (Wildman–Crippen LogP) is 5.94. The van der Waals surface area contributed by atoms with Crippen molar-refractivity contribution in [3.63, 3.8) is 0 Å². The van der Waals surface area contributed by atoms with Crippen LogP contribution in [0.1, 0.15) is 11.1 Å². The average Bonchev–Trinajstić information content (AvgIpc) is 2.58. The largest absolute Gasteiger partial charge is 0.421 e. The summed E-state index contributed by atoms with van der Waals surface area (Å²) in [5, 5.41) is 5.81. The Kier molecular flexibility index (Phi) is 4.99. The Bertz CT molecular complexity index is 911. The highest BCUT2D eigenvalue weighted by atomic mass is 35.5. The highest BCUT2D eigenvalue weighted by Crippen LogP contribution is 2.36. The minimum absolute atomic E-state index is 0.0383. The first-order valence-electron chi connectivity index (χ1n) is 7.62. The van der Waals surface area contributed by atoms with Crippen LogP contribution in [0.25, 0.3) is 0 Å². The van der Waals surface area contributed by atoms with Gasteiger partial charge >= 0.3 is 6.18 Å². The fourth-order valence-electron chi connectivity index (χ4n) is 2.20. The normalized spacial score (nSPS) is 11.3. The highest BCUT2D eigenvalue weighted by molar-refractivity contribution is 6.33. The number of para-hydroxylation sites is 1. The molecule has 0 aliphatic carbocycles. The molecule has 1 aromatic heterocycles. The first kappa shape index (κ1) is 18.0. The Morgan fingerprint density at radius 2 is 1.65 bits per heavy atom. The monoisotopic (exact) mass is 378 g/mol. The molecule has 0 atom stereocenters. The number of nitrogens with zero attached hydrogens (tertiary/aromatic N) is 2. The number of hydrogen-bond donors (Lipinski definition) is 2. The molecule has 1 heterocycles. The second-order valence-electron chi connectivity index (χ2n) is 5.55. The van der Waals surface area contributed by atoms with Gasteiger partial charge in [-0.1, -0.05) is 41.4 Å². The number of rotatable bonds is 4. The smallest absolute Gasteiger partial charge is 0.338 e. The van der Waals surface area contributed by atoms with E-state index in [4.69, 9.17) is 11.6 Å². The van der Waals surface area contributed by atoms with Crippen molar-refractivity contribution in [1.82, 2.24) is 9.97 Å². The average molecular weight is 379 g/mol. The van der Waals surface area contributed by atoms with Gasteiger partial charge in [-0.25, -0.2) is 4.98 Å². The van der Waals surface area contributed by atoms with Crippen LogP contribution in [0.4, 0.5) is 36.3 Å². The van der Waals surface area contributed by atoms with Gasteiger partial charge in [-0.15, -0.1) is 0 Å². The zero-order valence-electron chi connectivity index (χ0n) is 13.6. The molecule has 0 bridgehead atoms. The van der Waals surface area contributed by atoms with Gasteiger partial charge in [-0.3, -0.25) is 0 Å². The minimum Gasteiger partial charge on any atom is -0.338 e. The number of anilines is 4. The minimum atomic E-state index is -4.61. The third kappa shape index (κ3) is 4.23. The molecule has 0 fully saturated rings. The maximum absolute atomic E-state index is 13.3. The Hall–Kier alpha value is -2.80. The molecule has 3 aromatic rings. The van der Waals surface area contributed by atoms with E-state index in [2.05, 4.69) is 20.6 Å². The van der Waals surface area contributed by atoms with Crippen molar-refractivity contribution in [2.45, 2.75) is 13.1 Å². The van der Waals surface area contributed by atoms with E-state index >= 15 is 0 Å². The second-order valence-corrected chi connectivity index (χ2v) is 5.96. The molecule has 2 N–H and O–H groups in total. The zero-order chi connectivity index (χ0) is 18.7. The summed E-state index contributed by atoms with van der Waals surface area (Å²) in [6.45, 7) is 1.93. The van der Waals surface area contributed by atoms with Gasteiger partial charge in [0.2, 0.25) is 5.95 Å². The zero-order valence-corrected chi connectivity index (χ0v) is 14.4. The van der Waals surface area contributed by atoms with Crippen LogP contribution < -0.4 is 10.6 Å². The summed E-state index contributed by atoms with van der Waals surface area (Å²) in [4.78, 5) is 7.75. The standard InChI is InChI=1S/C18H14ClF3N4/c1-11-6-8-12(9-7-11)24-17-23-10-13(18(20,21)22)16(26-17)25-15-5-3-2-4-14(15)19/h2-10H,1H3,(H2,23,24,25,26). The van der Waals surface area contributed by atoms with Crippen molar-refractivity contribution in [1.29, 1.82) is 0 Å². The van der Waals surface area contributed by atoms with Crippen LogP contribution in [0.5, 0.6) is 0 Å². The van der Waals surface area contributed by atoms with Gasteiger partial charge in [0.05, 0.1) is 10.7 Å². The highest BCUT2D eigenvalue weighted by Gasteiger charge is 2.35. The number of aryl methyl sites for hydroxylation is 1. The molecule has 2 aromatic carbocycles. The fourth-order valence-corrected chi connectivity index (χ4v) is 2.38. The first-order valence-corrected chi connectivity index (χ1v) is 8.00. The van der Waals surface area contributed by atoms with Crippen LogP contribution in [0.3, 0.4) is 0 Å². The number of halogens is 4. The Morgan fingerprint density at radius 1 is 0.962 bits per heavy atom. The number of aromatic nitrogens is 2. The van der Waals surface area contributed by atoms with Crippen LogP contribution in [0.2, 0.25) is 5.02 Å². The molecule has 0 saturated carbocycles. The summed E-state index contributed by atoms with van der Waals surface area (Å²) < 4.78 is 39.8. The molecular formula is C18H14ClF3N4. The Labute approximate surface area is 153 Å². The van der Waals surface area contributed by atoms with Gasteiger partial charge in [0.15, 0.2) is 0 Å². The molecule has 134 valence electrons. The van der Waals surface area contributed by atoms with E-state index in [-0.39, 0.29) is 16.8 Å². The molecule has 3 rings (SSSR count). The van der Waals surface area contributed by atoms with E-state index in [0.29, 0.717) is 11.4 Å². The van der Waals surface area contributed by atoms with E-state index < -0.39 is 11.7 Å². The number of benzene rings is 2. The van der Waals surface area contributed by atoms with Gasteiger partial charge in [0, 0.05) is 11.9 Å². The summed E-state index contributed by atoms with van der Waals surface area (Å²) in [5.41, 5.74) is 1.07. The molecule has 0 aliphatic rings. The van der Waals surface area contributed by atoms with Crippen LogP contribution in [0, 0.1) is 6.92 Å².